The van der Waals surface area contributed by atoms with E-state index < -0.39 is 5.92 Å². The molecule has 0 aromatic heterocycles. The highest BCUT2D eigenvalue weighted by Gasteiger charge is 2.23. The summed E-state index contributed by atoms with van der Waals surface area (Å²) in [5, 5.41) is 0. The Hall–Kier alpha value is -3.46. The van der Waals surface area contributed by atoms with Crippen LogP contribution < -0.4 is 4.90 Å². The summed E-state index contributed by atoms with van der Waals surface area (Å²) in [6.07, 6.45) is 4.79. The molecule has 0 unspecified atom stereocenters. The summed E-state index contributed by atoms with van der Waals surface area (Å²) in [5.74, 6) is -2.84. The second-order valence-electron chi connectivity index (χ2n) is 7.92. The maximum atomic E-state index is 13.5. The molecule has 0 bridgehead atoms. The number of benzene rings is 3. The fraction of sp³-hybridized carbons (Fsp3) is 0.172. The first-order valence-corrected chi connectivity index (χ1v) is 10.7. The lowest BCUT2D eigenvalue weighted by molar-refractivity contribution is 0.0175. The molecule has 3 aromatic carbocycles. The first-order chi connectivity index (χ1) is 15.2. The summed E-state index contributed by atoms with van der Waals surface area (Å²) in [5.41, 5.74) is 7.14. The van der Waals surface area contributed by atoms with Crippen LogP contribution in [0.4, 0.5) is 14.5 Å². The van der Waals surface area contributed by atoms with Gasteiger partial charge in [-0.15, -0.1) is 0 Å². The van der Waals surface area contributed by atoms with Crippen LogP contribution in [0.15, 0.2) is 97.2 Å². The second-order valence-corrected chi connectivity index (χ2v) is 7.92. The van der Waals surface area contributed by atoms with Gasteiger partial charge in [0.2, 0.25) is 0 Å². The fourth-order valence-electron chi connectivity index (χ4n) is 3.56. The first-order valence-electron chi connectivity index (χ1n) is 10.7. The molecule has 0 aliphatic heterocycles. The van der Waals surface area contributed by atoms with Gasteiger partial charge in [-0.3, -0.25) is 0 Å². The van der Waals surface area contributed by atoms with Crippen LogP contribution in [0, 0.1) is 0 Å². The molecule has 0 aliphatic rings. The van der Waals surface area contributed by atoms with Gasteiger partial charge in [-0.05, 0) is 58.5 Å². The molecule has 0 heterocycles. The lowest BCUT2D eigenvalue weighted by atomic mass is 9.98. The molecular weight excluding hydrogens is 400 g/mol. The number of halogens is 2. The van der Waals surface area contributed by atoms with Crippen molar-refractivity contribution >= 4 is 17.8 Å². The van der Waals surface area contributed by atoms with Crippen LogP contribution in [0.25, 0.3) is 23.3 Å². The van der Waals surface area contributed by atoms with Crippen molar-refractivity contribution < 1.29 is 8.78 Å². The van der Waals surface area contributed by atoms with E-state index in [0.29, 0.717) is 0 Å². The van der Waals surface area contributed by atoms with E-state index in [1.54, 1.807) is 12.1 Å². The van der Waals surface area contributed by atoms with Crippen LogP contribution in [-0.2, 0) is 5.92 Å². The largest absolute Gasteiger partial charge is 0.345 e. The van der Waals surface area contributed by atoms with Crippen LogP contribution >= 0.6 is 0 Å². The number of anilines is 1. The van der Waals surface area contributed by atoms with E-state index in [0.717, 1.165) is 52.6 Å². The van der Waals surface area contributed by atoms with Crippen LogP contribution in [-0.4, -0.2) is 7.05 Å². The van der Waals surface area contributed by atoms with Gasteiger partial charge in [-0.2, -0.15) is 0 Å². The molecule has 0 atom stereocenters. The molecule has 164 valence electrons. The van der Waals surface area contributed by atoms with Crippen molar-refractivity contribution in [1.82, 2.24) is 0 Å². The summed E-state index contributed by atoms with van der Waals surface area (Å²) in [6.45, 7) is 11.1. The number of likely N-dealkylation sites (N-methyl/N-ethyl adjacent to an activating group) is 1. The molecule has 0 amide bonds. The average Bonchev–Trinajstić information content (AvgIpc) is 2.81. The Morgan fingerprint density at radius 1 is 0.938 bits per heavy atom. The molecule has 3 aromatic rings. The Labute approximate surface area is 190 Å². The third-order valence-corrected chi connectivity index (χ3v) is 5.63. The summed E-state index contributed by atoms with van der Waals surface area (Å²) in [7, 11) is 2.01. The summed E-state index contributed by atoms with van der Waals surface area (Å²) in [6, 6.07) is 22.7. The maximum Gasteiger partial charge on any atom is 0.270 e. The van der Waals surface area contributed by atoms with Crippen molar-refractivity contribution in [2.75, 3.05) is 11.9 Å². The number of hydrogen-bond donors (Lipinski definition) is 0. The number of hydrogen-bond acceptors (Lipinski definition) is 1. The predicted molar refractivity (Wildman–Crippen MR) is 134 cm³/mol. The summed E-state index contributed by atoms with van der Waals surface area (Å²) in [4.78, 5) is 2.08. The quantitative estimate of drug-likeness (QED) is 0.324. The van der Waals surface area contributed by atoms with Crippen molar-refractivity contribution in [1.29, 1.82) is 0 Å². The first kappa shape index (κ1) is 23.2. The van der Waals surface area contributed by atoms with Gasteiger partial charge in [0, 0.05) is 30.9 Å². The number of allylic oxidation sites excluding steroid dienone is 1. The van der Waals surface area contributed by atoms with Gasteiger partial charge in [0.05, 0.1) is 0 Å². The SMILES string of the molecule is C=Cc1ccc(N(C)C(=C)/C(=C/c2cccc(-c3ccc(C(C)(F)F)cc3)c2)CC)cc1. The van der Waals surface area contributed by atoms with E-state index >= 15 is 0 Å². The van der Waals surface area contributed by atoms with Crippen molar-refractivity contribution in [2.24, 2.45) is 0 Å². The highest BCUT2D eigenvalue weighted by Crippen LogP contribution is 2.30. The molecule has 0 aliphatic carbocycles. The highest BCUT2D eigenvalue weighted by atomic mass is 19.3. The molecule has 3 heteroatoms. The average molecular weight is 430 g/mol. The molecule has 0 saturated carbocycles. The highest BCUT2D eigenvalue weighted by molar-refractivity contribution is 5.70. The van der Waals surface area contributed by atoms with Gasteiger partial charge < -0.3 is 4.90 Å². The van der Waals surface area contributed by atoms with E-state index in [1.807, 2.05) is 43.5 Å². The monoisotopic (exact) mass is 429 g/mol. The molecule has 0 saturated heterocycles. The van der Waals surface area contributed by atoms with E-state index in [1.165, 1.54) is 12.1 Å². The molecule has 3 rings (SSSR count). The van der Waals surface area contributed by atoms with Crippen LogP contribution in [0.5, 0.6) is 0 Å². The van der Waals surface area contributed by atoms with E-state index in [-0.39, 0.29) is 5.56 Å². The van der Waals surface area contributed by atoms with Crippen molar-refractivity contribution in [3.8, 4) is 11.1 Å². The van der Waals surface area contributed by atoms with Gasteiger partial charge in [0.25, 0.3) is 5.92 Å². The Kier molecular flexibility index (Phi) is 7.09. The molecular formula is C29H29F2N. The summed E-state index contributed by atoms with van der Waals surface area (Å²) >= 11 is 0. The predicted octanol–water partition coefficient (Wildman–Crippen LogP) is 8.55. The Bertz CT molecular complexity index is 1120. The zero-order valence-electron chi connectivity index (χ0n) is 18.9. The van der Waals surface area contributed by atoms with Crippen molar-refractivity contribution in [2.45, 2.75) is 26.2 Å². The van der Waals surface area contributed by atoms with E-state index in [4.69, 9.17) is 0 Å². The molecule has 0 spiro atoms. The molecule has 0 radical (unpaired) electrons. The van der Waals surface area contributed by atoms with Gasteiger partial charge in [-0.25, -0.2) is 8.78 Å². The second kappa shape index (κ2) is 9.78. The van der Waals surface area contributed by atoms with Crippen molar-refractivity contribution in [3.05, 3.63) is 114 Å². The van der Waals surface area contributed by atoms with Crippen LogP contribution in [0.2, 0.25) is 0 Å². The Morgan fingerprint density at radius 2 is 1.59 bits per heavy atom. The van der Waals surface area contributed by atoms with E-state index in [2.05, 4.69) is 49.3 Å². The van der Waals surface area contributed by atoms with Crippen LogP contribution in [0.3, 0.4) is 0 Å². The third kappa shape index (κ3) is 5.42. The number of rotatable bonds is 8. The lowest BCUT2D eigenvalue weighted by Gasteiger charge is -2.24. The number of nitrogens with zero attached hydrogens (tertiary/aromatic N) is 1. The summed E-state index contributed by atoms with van der Waals surface area (Å²) < 4.78 is 27.0. The normalized spacial score (nSPS) is 11.8. The minimum atomic E-state index is -2.84. The van der Waals surface area contributed by atoms with Gasteiger partial charge >= 0.3 is 0 Å². The topological polar surface area (TPSA) is 3.24 Å². The van der Waals surface area contributed by atoms with Gasteiger partial charge in [0.1, 0.15) is 0 Å². The molecule has 1 nitrogen and oxygen atoms in total. The minimum absolute atomic E-state index is 0.0195. The molecule has 0 fully saturated rings. The lowest BCUT2D eigenvalue weighted by Crippen LogP contribution is -2.16. The fourth-order valence-corrected chi connectivity index (χ4v) is 3.56. The zero-order valence-corrected chi connectivity index (χ0v) is 18.9. The molecule has 0 N–H and O–H groups in total. The van der Waals surface area contributed by atoms with Gasteiger partial charge in [0.15, 0.2) is 0 Å². The standard InChI is InChI=1S/C29H29F2N/c1-6-22-11-17-28(18-12-22)32(5)21(3)24(7-2)19-23-9-8-10-26(20-23)25-13-15-27(16-14-25)29(4,30)31/h6,8-20H,1,3,7H2,2,4-5H3/b24-19+. The van der Waals surface area contributed by atoms with Crippen molar-refractivity contribution in [3.63, 3.8) is 0 Å². The third-order valence-electron chi connectivity index (χ3n) is 5.63. The zero-order chi connectivity index (χ0) is 23.3. The van der Waals surface area contributed by atoms with Gasteiger partial charge in [-0.1, -0.05) is 80.8 Å². The smallest absolute Gasteiger partial charge is 0.270 e. The maximum absolute atomic E-state index is 13.5. The van der Waals surface area contributed by atoms with Crippen LogP contribution in [0.1, 0.15) is 37.0 Å². The minimum Gasteiger partial charge on any atom is -0.345 e. The molecule has 32 heavy (non-hydrogen) atoms. The Balaban J connectivity index is 1.85. The number of alkyl halides is 2. The Morgan fingerprint density at radius 3 is 2.16 bits per heavy atom. The van der Waals surface area contributed by atoms with E-state index in [9.17, 15) is 8.78 Å².